The highest BCUT2D eigenvalue weighted by Gasteiger charge is 2.29. The van der Waals surface area contributed by atoms with Gasteiger partial charge in [0.05, 0.1) is 16.6 Å². The van der Waals surface area contributed by atoms with Crippen LogP contribution in [0.25, 0.3) is 0 Å². The van der Waals surface area contributed by atoms with Gasteiger partial charge in [0.2, 0.25) is 5.91 Å². The molecule has 1 aromatic heterocycles. The lowest BCUT2D eigenvalue weighted by molar-refractivity contribution is -0.120. The first-order chi connectivity index (χ1) is 14.3. The summed E-state index contributed by atoms with van der Waals surface area (Å²) < 4.78 is 28.0. The van der Waals surface area contributed by atoms with Crippen LogP contribution in [-0.4, -0.2) is 20.9 Å². The molecule has 0 saturated heterocycles. The molecule has 158 valence electrons. The van der Waals surface area contributed by atoms with E-state index >= 15 is 0 Å². The molecule has 7 heteroatoms. The van der Waals surface area contributed by atoms with Crippen LogP contribution in [0.3, 0.4) is 0 Å². The fourth-order valence-electron chi connectivity index (χ4n) is 3.25. The maximum atomic E-state index is 13.4. The zero-order valence-corrected chi connectivity index (χ0v) is 18.9. The van der Waals surface area contributed by atoms with Crippen molar-refractivity contribution in [3.63, 3.8) is 0 Å². The summed E-state index contributed by atoms with van der Waals surface area (Å²) in [6.45, 7) is 5.61. The maximum absolute atomic E-state index is 13.4. The summed E-state index contributed by atoms with van der Waals surface area (Å²) in [5, 5.41) is 5.00. The fourth-order valence-corrected chi connectivity index (χ4v) is 5.70. The highest BCUT2D eigenvalue weighted by atomic mass is 32.2. The summed E-state index contributed by atoms with van der Waals surface area (Å²) in [6.07, 6.45) is 0. The quantitative estimate of drug-likeness (QED) is 0.547. The second-order valence-corrected chi connectivity index (χ2v) is 10.3. The number of anilines is 1. The van der Waals surface area contributed by atoms with Gasteiger partial charge in [0.15, 0.2) is 0 Å². The second kappa shape index (κ2) is 9.45. The predicted octanol–water partition coefficient (Wildman–Crippen LogP) is 4.77. The van der Waals surface area contributed by atoms with Crippen molar-refractivity contribution in [2.45, 2.75) is 31.7 Å². The molecule has 0 aliphatic carbocycles. The van der Waals surface area contributed by atoms with E-state index in [2.05, 4.69) is 5.32 Å². The lowest BCUT2D eigenvalue weighted by Crippen LogP contribution is -2.43. The Morgan fingerprint density at radius 2 is 1.67 bits per heavy atom. The standard InChI is InChI=1S/C23H26N2O3S2/c1-17(2)23(21-14-9-15-29-21)24-22(26)16-25(20-13-8-7-10-18(20)3)30(27,28)19-11-5-4-6-12-19/h4-15,17,23H,16H2,1-3H3,(H,24,26). The average Bonchev–Trinajstić information content (AvgIpc) is 3.25. The lowest BCUT2D eigenvalue weighted by Gasteiger charge is -2.27. The smallest absolute Gasteiger partial charge is 0.264 e. The minimum atomic E-state index is -3.91. The number of hydrogen-bond donors (Lipinski definition) is 1. The Kier molecular flexibility index (Phi) is 6.95. The van der Waals surface area contributed by atoms with E-state index in [4.69, 9.17) is 0 Å². The summed E-state index contributed by atoms with van der Waals surface area (Å²) in [6, 6.07) is 19.1. The molecule has 1 amide bonds. The van der Waals surface area contributed by atoms with Gasteiger partial charge in [-0.3, -0.25) is 9.10 Å². The Bertz CT molecular complexity index is 1080. The number of thiophene rings is 1. The number of sulfonamides is 1. The summed E-state index contributed by atoms with van der Waals surface area (Å²) in [5.74, 6) is -0.171. The van der Waals surface area contributed by atoms with E-state index in [1.54, 1.807) is 53.8 Å². The summed E-state index contributed by atoms with van der Waals surface area (Å²) in [4.78, 5) is 14.2. The molecule has 3 aromatic rings. The molecule has 2 aromatic carbocycles. The first-order valence-corrected chi connectivity index (χ1v) is 12.1. The Labute approximate surface area is 182 Å². The Morgan fingerprint density at radius 3 is 2.27 bits per heavy atom. The SMILES string of the molecule is Cc1ccccc1N(CC(=O)NC(c1cccs1)C(C)C)S(=O)(=O)c1ccccc1. The van der Waals surface area contributed by atoms with Crippen LogP contribution in [0.4, 0.5) is 5.69 Å². The van der Waals surface area contributed by atoms with Crippen LogP contribution in [0.2, 0.25) is 0 Å². The van der Waals surface area contributed by atoms with E-state index in [0.29, 0.717) is 5.69 Å². The van der Waals surface area contributed by atoms with Crippen LogP contribution < -0.4 is 9.62 Å². The van der Waals surface area contributed by atoms with Crippen molar-refractivity contribution < 1.29 is 13.2 Å². The van der Waals surface area contributed by atoms with Gasteiger partial charge in [0.25, 0.3) is 10.0 Å². The molecule has 0 fully saturated rings. The molecule has 1 atom stereocenters. The number of rotatable bonds is 8. The highest BCUT2D eigenvalue weighted by molar-refractivity contribution is 7.92. The minimum absolute atomic E-state index is 0.153. The van der Waals surface area contributed by atoms with Crippen molar-refractivity contribution in [3.8, 4) is 0 Å². The van der Waals surface area contributed by atoms with E-state index in [1.807, 2.05) is 50.4 Å². The van der Waals surface area contributed by atoms with E-state index < -0.39 is 10.0 Å². The molecule has 0 aliphatic heterocycles. The van der Waals surface area contributed by atoms with Gasteiger partial charge in [-0.05, 0) is 48.1 Å². The summed E-state index contributed by atoms with van der Waals surface area (Å²) >= 11 is 1.57. The van der Waals surface area contributed by atoms with Crippen molar-refractivity contribution in [2.75, 3.05) is 10.8 Å². The summed E-state index contributed by atoms with van der Waals surface area (Å²) in [5.41, 5.74) is 1.28. The third-order valence-corrected chi connectivity index (χ3v) is 7.56. The van der Waals surface area contributed by atoms with Crippen LogP contribution in [0.15, 0.2) is 77.0 Å². The zero-order valence-electron chi connectivity index (χ0n) is 17.3. The van der Waals surface area contributed by atoms with Gasteiger partial charge in [-0.2, -0.15) is 0 Å². The van der Waals surface area contributed by atoms with Crippen LogP contribution in [-0.2, 0) is 14.8 Å². The molecular formula is C23H26N2O3S2. The van der Waals surface area contributed by atoms with Crippen molar-refractivity contribution >= 4 is 33.0 Å². The van der Waals surface area contributed by atoms with Crippen LogP contribution in [0, 0.1) is 12.8 Å². The minimum Gasteiger partial charge on any atom is -0.347 e. The molecule has 0 spiro atoms. The number of nitrogens with one attached hydrogen (secondary N) is 1. The number of carbonyl (C=O) groups is 1. The number of aryl methyl sites for hydroxylation is 1. The number of nitrogens with zero attached hydrogens (tertiary/aromatic N) is 1. The van der Waals surface area contributed by atoms with Crippen molar-refractivity contribution in [1.29, 1.82) is 0 Å². The van der Waals surface area contributed by atoms with E-state index in [1.165, 1.54) is 4.31 Å². The van der Waals surface area contributed by atoms with E-state index in [9.17, 15) is 13.2 Å². The third-order valence-electron chi connectivity index (χ3n) is 4.84. The van der Waals surface area contributed by atoms with Gasteiger partial charge in [0.1, 0.15) is 6.54 Å². The van der Waals surface area contributed by atoms with E-state index in [0.717, 1.165) is 10.4 Å². The molecular weight excluding hydrogens is 416 g/mol. The zero-order chi connectivity index (χ0) is 21.7. The molecule has 0 saturated carbocycles. The molecule has 1 heterocycles. The van der Waals surface area contributed by atoms with Crippen molar-refractivity contribution in [1.82, 2.24) is 5.32 Å². The molecule has 1 N–H and O–H groups in total. The topological polar surface area (TPSA) is 66.5 Å². The van der Waals surface area contributed by atoms with Gasteiger partial charge in [0, 0.05) is 4.88 Å². The molecule has 5 nitrogen and oxygen atoms in total. The maximum Gasteiger partial charge on any atom is 0.264 e. The monoisotopic (exact) mass is 442 g/mol. The van der Waals surface area contributed by atoms with Crippen LogP contribution in [0.1, 0.15) is 30.3 Å². The second-order valence-electron chi connectivity index (χ2n) is 7.42. The van der Waals surface area contributed by atoms with E-state index in [-0.39, 0.29) is 29.3 Å². The Balaban J connectivity index is 1.93. The third kappa shape index (κ3) is 4.91. The fraction of sp³-hybridized carbons (Fsp3) is 0.261. The lowest BCUT2D eigenvalue weighted by atomic mass is 10.0. The number of amides is 1. The first-order valence-electron chi connectivity index (χ1n) is 9.77. The van der Waals surface area contributed by atoms with Gasteiger partial charge >= 0.3 is 0 Å². The molecule has 0 radical (unpaired) electrons. The predicted molar refractivity (Wildman–Crippen MR) is 122 cm³/mol. The van der Waals surface area contributed by atoms with Gasteiger partial charge < -0.3 is 5.32 Å². The number of hydrogen-bond acceptors (Lipinski definition) is 4. The van der Waals surface area contributed by atoms with Crippen molar-refractivity contribution in [2.24, 2.45) is 5.92 Å². The molecule has 0 aliphatic rings. The number of carbonyl (C=O) groups excluding carboxylic acids is 1. The van der Waals surface area contributed by atoms with Gasteiger partial charge in [-0.25, -0.2) is 8.42 Å². The Hall–Kier alpha value is -2.64. The number of benzene rings is 2. The molecule has 3 rings (SSSR count). The van der Waals surface area contributed by atoms with Gasteiger partial charge in [-0.15, -0.1) is 11.3 Å². The molecule has 1 unspecified atom stereocenters. The largest absolute Gasteiger partial charge is 0.347 e. The van der Waals surface area contributed by atoms with Crippen LogP contribution in [0.5, 0.6) is 0 Å². The van der Waals surface area contributed by atoms with Gasteiger partial charge in [-0.1, -0.05) is 56.3 Å². The molecule has 30 heavy (non-hydrogen) atoms. The highest BCUT2D eigenvalue weighted by Crippen LogP contribution is 2.28. The summed E-state index contributed by atoms with van der Waals surface area (Å²) in [7, 11) is -3.91. The Morgan fingerprint density at radius 1 is 1.00 bits per heavy atom. The first kappa shape index (κ1) is 22.1. The normalized spacial score (nSPS) is 12.5. The number of para-hydroxylation sites is 1. The van der Waals surface area contributed by atoms with Crippen molar-refractivity contribution in [3.05, 3.63) is 82.6 Å². The van der Waals surface area contributed by atoms with Crippen LogP contribution >= 0.6 is 11.3 Å². The molecule has 0 bridgehead atoms. The average molecular weight is 443 g/mol.